The average Bonchev–Trinajstić information content (AvgIpc) is 3.66. The number of unbranched alkanes of at least 4 members (excludes halogenated alkanes) is 1. The number of fused-ring (bicyclic) bond motifs is 10. The number of hydrogen-bond acceptors (Lipinski definition) is 1. The molecule has 3 heterocycles. The van der Waals surface area contributed by atoms with E-state index in [4.69, 9.17) is 0 Å². The maximum atomic E-state index is 2.70. The lowest BCUT2D eigenvalue weighted by Gasteiger charge is -2.43. The van der Waals surface area contributed by atoms with E-state index in [1.807, 2.05) is 0 Å². The van der Waals surface area contributed by atoms with Crippen molar-refractivity contribution in [1.82, 2.24) is 4.57 Å². The quantitative estimate of drug-likeness (QED) is 0.162. The number of hydrogen-bond donors (Lipinski definition) is 0. The number of rotatable bonds is 5. The summed E-state index contributed by atoms with van der Waals surface area (Å²) in [6, 6.07) is 49.3. The number of anilines is 2. The number of benzene rings is 7. The summed E-state index contributed by atoms with van der Waals surface area (Å²) in [4.78, 5) is 2.68. The van der Waals surface area contributed by atoms with E-state index in [2.05, 4.69) is 178 Å². The second-order valence-corrected chi connectivity index (χ2v) is 17.0. The summed E-state index contributed by atoms with van der Waals surface area (Å²) in [5, 5.41) is 3.89. The Morgan fingerprint density at radius 2 is 1.36 bits per heavy atom. The van der Waals surface area contributed by atoms with Gasteiger partial charge < -0.3 is 9.38 Å². The molecule has 7 aromatic carbocycles. The Balaban J connectivity index is 1.30. The van der Waals surface area contributed by atoms with Gasteiger partial charge in [0.2, 0.25) is 0 Å². The van der Waals surface area contributed by atoms with Gasteiger partial charge in [-0.1, -0.05) is 124 Å². The van der Waals surface area contributed by atoms with Crippen molar-refractivity contribution < 1.29 is 0 Å². The summed E-state index contributed by atoms with van der Waals surface area (Å²) < 4.78 is 2.70. The minimum atomic E-state index is -0.176. The highest BCUT2D eigenvalue weighted by atomic mass is 15.1. The largest absolute Gasteiger partial charge is 0.376 e. The summed E-state index contributed by atoms with van der Waals surface area (Å²) in [7, 11) is 0. The predicted molar refractivity (Wildman–Crippen MR) is 236 cm³/mol. The average molecular weight is 709 g/mol. The zero-order valence-electron chi connectivity index (χ0n) is 32.7. The summed E-state index contributed by atoms with van der Waals surface area (Å²) in [5.74, 6) is 0. The SMILES string of the molecule is CCCCc1ccc(N2B3c4c(cc(-c5c(C)cc(C)cc5C)cc4-n4c5c(c6cccc3c64)-c3ccccc3C5(C)C)-c3cc4ccccc4cc32)cc1. The molecule has 0 spiro atoms. The fourth-order valence-corrected chi connectivity index (χ4v) is 10.9. The van der Waals surface area contributed by atoms with Crippen LogP contribution in [-0.4, -0.2) is 11.4 Å². The zero-order valence-corrected chi connectivity index (χ0v) is 32.7. The molecular weight excluding hydrogens is 663 g/mol. The van der Waals surface area contributed by atoms with Crippen molar-refractivity contribution in [2.45, 2.75) is 66.2 Å². The van der Waals surface area contributed by atoms with Crippen LogP contribution in [0.1, 0.15) is 67.1 Å². The molecule has 0 fully saturated rings. The monoisotopic (exact) mass is 708 g/mol. The third-order valence-corrected chi connectivity index (χ3v) is 13.1. The van der Waals surface area contributed by atoms with Crippen LogP contribution in [0, 0.1) is 20.8 Å². The normalized spacial score (nSPS) is 14.3. The Morgan fingerprint density at radius 1 is 0.636 bits per heavy atom. The Hall–Kier alpha value is -5.80. The second kappa shape index (κ2) is 11.6. The van der Waals surface area contributed by atoms with Gasteiger partial charge in [-0.3, -0.25) is 0 Å². The molecule has 55 heavy (non-hydrogen) atoms. The maximum Gasteiger partial charge on any atom is 0.333 e. The van der Waals surface area contributed by atoms with Crippen LogP contribution in [0.3, 0.4) is 0 Å². The topological polar surface area (TPSA) is 8.17 Å². The molecule has 2 nitrogen and oxygen atoms in total. The fourth-order valence-electron chi connectivity index (χ4n) is 10.9. The molecule has 1 aliphatic carbocycles. The molecule has 0 radical (unpaired) electrons. The summed E-state index contributed by atoms with van der Waals surface area (Å²) in [6.07, 6.45) is 3.53. The van der Waals surface area contributed by atoms with Crippen molar-refractivity contribution in [2.24, 2.45) is 0 Å². The lowest BCUT2D eigenvalue weighted by atomic mass is 9.43. The van der Waals surface area contributed by atoms with Crippen molar-refractivity contribution in [3.63, 3.8) is 0 Å². The van der Waals surface area contributed by atoms with Gasteiger partial charge in [-0.05, 0) is 136 Å². The predicted octanol–water partition coefficient (Wildman–Crippen LogP) is 12.3. The Labute approximate surface area is 325 Å². The maximum absolute atomic E-state index is 2.70. The summed E-state index contributed by atoms with van der Waals surface area (Å²) in [5.41, 5.74) is 24.0. The highest BCUT2D eigenvalue weighted by molar-refractivity contribution is 6.93. The molecule has 0 N–H and O–H groups in total. The highest BCUT2D eigenvalue weighted by Crippen LogP contribution is 2.55. The second-order valence-electron chi connectivity index (χ2n) is 17.0. The van der Waals surface area contributed by atoms with Crippen LogP contribution in [0.5, 0.6) is 0 Å². The van der Waals surface area contributed by atoms with Crippen LogP contribution in [0.15, 0.2) is 127 Å². The van der Waals surface area contributed by atoms with Gasteiger partial charge in [0.15, 0.2) is 0 Å². The first-order chi connectivity index (χ1) is 26.7. The summed E-state index contributed by atoms with van der Waals surface area (Å²) >= 11 is 0. The molecule has 0 bridgehead atoms. The molecule has 8 aromatic rings. The molecule has 0 amide bonds. The Kier molecular flexibility index (Phi) is 6.88. The van der Waals surface area contributed by atoms with Crippen molar-refractivity contribution in [3.05, 3.63) is 161 Å². The summed E-state index contributed by atoms with van der Waals surface area (Å²) in [6.45, 7) is 13.9. The molecule has 0 unspecified atom stereocenters. The van der Waals surface area contributed by atoms with Crippen LogP contribution in [0.2, 0.25) is 0 Å². The minimum Gasteiger partial charge on any atom is -0.376 e. The van der Waals surface area contributed by atoms with Gasteiger partial charge in [-0.15, -0.1) is 0 Å². The number of nitrogens with zero attached hydrogens (tertiary/aromatic N) is 2. The van der Waals surface area contributed by atoms with Gasteiger partial charge in [0.1, 0.15) is 0 Å². The standard InChI is InChI=1S/C52H45BN2/c1-7-8-14-34-21-23-38(24-22-34)55-45-29-36-16-10-9-15-35(36)27-41(45)42-28-37(47-32(3)25-31(2)26-33(47)4)30-46-49(42)53(55)44-20-13-18-40-48-39-17-11-12-19-43(39)52(5,6)51(48)54(46)50(40)44/h9-13,15-30H,7-8,14H2,1-6H3. The van der Waals surface area contributed by atoms with Crippen LogP contribution in [0.25, 0.3) is 60.7 Å². The number of para-hydroxylation sites is 1. The lowest BCUT2D eigenvalue weighted by molar-refractivity contribution is 0.624. The lowest BCUT2D eigenvalue weighted by Crippen LogP contribution is -2.60. The van der Waals surface area contributed by atoms with Gasteiger partial charge in [-0.25, -0.2) is 0 Å². The fraction of sp³-hybridized carbons (Fsp3) is 0.192. The first-order valence-corrected chi connectivity index (χ1v) is 20.2. The van der Waals surface area contributed by atoms with Crippen molar-refractivity contribution >= 4 is 50.8 Å². The molecule has 0 saturated carbocycles. The van der Waals surface area contributed by atoms with Crippen LogP contribution >= 0.6 is 0 Å². The van der Waals surface area contributed by atoms with Gasteiger partial charge in [0, 0.05) is 44.7 Å². The molecule has 3 heteroatoms. The Morgan fingerprint density at radius 3 is 2.13 bits per heavy atom. The van der Waals surface area contributed by atoms with Crippen LogP contribution < -0.4 is 15.7 Å². The van der Waals surface area contributed by atoms with Gasteiger partial charge in [0.05, 0.1) is 5.52 Å². The molecule has 0 saturated heterocycles. The molecular formula is C52H45BN2. The molecule has 266 valence electrons. The molecule has 2 aliphatic heterocycles. The van der Waals surface area contributed by atoms with E-state index in [0.717, 1.165) is 6.42 Å². The molecule has 0 atom stereocenters. The van der Waals surface area contributed by atoms with Crippen LogP contribution in [0.4, 0.5) is 11.4 Å². The Bertz CT molecular complexity index is 2900. The van der Waals surface area contributed by atoms with Crippen molar-refractivity contribution in [1.29, 1.82) is 0 Å². The van der Waals surface area contributed by atoms with Gasteiger partial charge in [0.25, 0.3) is 0 Å². The molecule has 3 aliphatic rings. The number of aryl methyl sites for hydroxylation is 4. The van der Waals surface area contributed by atoms with Gasteiger partial charge >= 0.3 is 6.85 Å². The van der Waals surface area contributed by atoms with E-state index >= 15 is 0 Å². The minimum absolute atomic E-state index is 0.000928. The third-order valence-electron chi connectivity index (χ3n) is 13.1. The first kappa shape index (κ1) is 32.6. The van der Waals surface area contributed by atoms with E-state index in [9.17, 15) is 0 Å². The highest BCUT2D eigenvalue weighted by Gasteiger charge is 2.48. The van der Waals surface area contributed by atoms with Crippen molar-refractivity contribution in [2.75, 3.05) is 4.81 Å². The zero-order chi connectivity index (χ0) is 37.3. The number of aromatic nitrogens is 1. The first-order valence-electron chi connectivity index (χ1n) is 20.2. The molecule has 11 rings (SSSR count). The van der Waals surface area contributed by atoms with E-state index in [1.54, 1.807) is 0 Å². The van der Waals surface area contributed by atoms with Crippen LogP contribution in [-0.2, 0) is 11.8 Å². The smallest absolute Gasteiger partial charge is 0.333 e. The molecule has 1 aromatic heterocycles. The van der Waals surface area contributed by atoms with Crippen molar-refractivity contribution in [3.8, 4) is 39.1 Å². The van der Waals surface area contributed by atoms with E-state index in [1.165, 1.54) is 129 Å². The van der Waals surface area contributed by atoms with Gasteiger partial charge in [-0.2, -0.15) is 0 Å². The third kappa shape index (κ3) is 4.44. The van der Waals surface area contributed by atoms with E-state index in [-0.39, 0.29) is 12.3 Å². The van der Waals surface area contributed by atoms with E-state index in [0.29, 0.717) is 0 Å². The van der Waals surface area contributed by atoms with E-state index < -0.39 is 0 Å².